The van der Waals surface area contributed by atoms with Gasteiger partial charge in [0.05, 0.1) is 18.7 Å². The summed E-state index contributed by atoms with van der Waals surface area (Å²) in [5, 5.41) is 7.09. The summed E-state index contributed by atoms with van der Waals surface area (Å²) in [5.74, 6) is -0.977. The third kappa shape index (κ3) is 4.85. The molecule has 0 radical (unpaired) electrons. The van der Waals surface area contributed by atoms with Gasteiger partial charge in [0, 0.05) is 24.8 Å². The summed E-state index contributed by atoms with van der Waals surface area (Å²) in [6, 6.07) is 6.33. The first-order valence-corrected chi connectivity index (χ1v) is 10.7. The first-order valence-electron chi connectivity index (χ1n) is 8.46. The number of benzene rings is 1. The monoisotopic (exact) mass is 414 g/mol. The van der Waals surface area contributed by atoms with Crippen molar-refractivity contribution in [1.82, 2.24) is 14.1 Å². The van der Waals surface area contributed by atoms with Gasteiger partial charge in [0.25, 0.3) is 0 Å². The van der Waals surface area contributed by atoms with E-state index in [-0.39, 0.29) is 35.7 Å². The second-order valence-corrected chi connectivity index (χ2v) is 8.95. The molecular weight excluding hydrogens is 395 g/mol. The molecule has 0 bridgehead atoms. The Bertz CT molecular complexity index is 947. The smallest absolute Gasteiger partial charge is 0.230 e. The molecule has 1 amide bonds. The van der Waals surface area contributed by atoms with Gasteiger partial charge in [-0.1, -0.05) is 29.8 Å². The van der Waals surface area contributed by atoms with Crippen molar-refractivity contribution in [2.75, 3.05) is 24.7 Å². The number of carbonyl (C=O) groups is 1. The third-order valence-corrected chi connectivity index (χ3v) is 6.02. The first-order chi connectivity index (χ1) is 12.7. The molecule has 1 fully saturated rings. The van der Waals surface area contributed by atoms with Gasteiger partial charge in [0.15, 0.2) is 5.82 Å². The van der Waals surface area contributed by atoms with E-state index in [9.17, 15) is 17.6 Å². The highest BCUT2D eigenvalue weighted by atomic mass is 35.5. The number of amides is 1. The van der Waals surface area contributed by atoms with E-state index in [4.69, 9.17) is 11.6 Å². The average Bonchev–Trinajstić information content (AvgIpc) is 2.95. The molecule has 1 aromatic carbocycles. The maximum absolute atomic E-state index is 13.8. The highest BCUT2D eigenvalue weighted by Gasteiger charge is 2.30. The van der Waals surface area contributed by atoms with Crippen LogP contribution in [0.4, 0.5) is 10.2 Å². The van der Waals surface area contributed by atoms with E-state index in [0.29, 0.717) is 24.9 Å². The summed E-state index contributed by atoms with van der Waals surface area (Å²) in [4.78, 5) is 12.5. The van der Waals surface area contributed by atoms with Gasteiger partial charge in [-0.3, -0.25) is 9.48 Å². The summed E-state index contributed by atoms with van der Waals surface area (Å²) >= 11 is 6.14. The van der Waals surface area contributed by atoms with E-state index in [1.54, 1.807) is 18.2 Å². The second-order valence-electron chi connectivity index (χ2n) is 6.56. The van der Waals surface area contributed by atoms with Crippen LogP contribution in [-0.4, -0.2) is 47.8 Å². The van der Waals surface area contributed by atoms with Crippen LogP contribution < -0.4 is 5.32 Å². The predicted octanol–water partition coefficient (Wildman–Crippen LogP) is 2.33. The van der Waals surface area contributed by atoms with Crippen LogP contribution in [0.2, 0.25) is 5.02 Å². The zero-order valence-electron chi connectivity index (χ0n) is 14.7. The number of nitrogens with zero attached hydrogens (tertiary/aromatic N) is 3. The Morgan fingerprint density at radius 1 is 1.41 bits per heavy atom. The quantitative estimate of drug-likeness (QED) is 0.813. The van der Waals surface area contributed by atoms with Gasteiger partial charge in [-0.05, 0) is 18.9 Å². The van der Waals surface area contributed by atoms with Crippen LogP contribution in [0.3, 0.4) is 0 Å². The zero-order valence-corrected chi connectivity index (χ0v) is 16.3. The Balaban J connectivity index is 1.68. The number of aromatic nitrogens is 2. The SMILES string of the molecule is CS(=O)(=O)N1CCCC(C(=O)Nc2nn(Cc3ccccc3F)cc2Cl)C1. The lowest BCUT2D eigenvalue weighted by Crippen LogP contribution is -2.43. The van der Waals surface area contributed by atoms with Gasteiger partial charge in [0.1, 0.15) is 10.8 Å². The van der Waals surface area contributed by atoms with Gasteiger partial charge >= 0.3 is 0 Å². The van der Waals surface area contributed by atoms with Crippen molar-refractivity contribution in [3.8, 4) is 0 Å². The predicted molar refractivity (Wildman–Crippen MR) is 101 cm³/mol. The fourth-order valence-electron chi connectivity index (χ4n) is 3.04. The lowest BCUT2D eigenvalue weighted by Gasteiger charge is -2.29. The van der Waals surface area contributed by atoms with Crippen LogP contribution in [0.1, 0.15) is 18.4 Å². The average molecular weight is 415 g/mol. The molecule has 1 unspecified atom stereocenters. The molecule has 0 aliphatic carbocycles. The number of carbonyl (C=O) groups excluding carboxylic acids is 1. The Morgan fingerprint density at radius 2 is 2.15 bits per heavy atom. The van der Waals surface area contributed by atoms with Crippen molar-refractivity contribution in [2.24, 2.45) is 5.92 Å². The van der Waals surface area contributed by atoms with E-state index in [2.05, 4.69) is 10.4 Å². The van der Waals surface area contributed by atoms with Crippen molar-refractivity contribution in [2.45, 2.75) is 19.4 Å². The molecule has 1 aliphatic heterocycles. The molecule has 0 saturated carbocycles. The molecule has 1 N–H and O–H groups in total. The summed E-state index contributed by atoms with van der Waals surface area (Å²) < 4.78 is 39.9. The van der Waals surface area contributed by atoms with E-state index < -0.39 is 15.9 Å². The fourth-order valence-corrected chi connectivity index (χ4v) is 4.15. The minimum absolute atomic E-state index is 0.137. The number of anilines is 1. The molecule has 146 valence electrons. The highest BCUT2D eigenvalue weighted by molar-refractivity contribution is 7.88. The molecule has 0 spiro atoms. The molecule has 1 atom stereocenters. The fraction of sp³-hybridized carbons (Fsp3) is 0.412. The van der Waals surface area contributed by atoms with Crippen LogP contribution in [0.15, 0.2) is 30.5 Å². The van der Waals surface area contributed by atoms with E-state index in [1.807, 2.05) is 0 Å². The van der Waals surface area contributed by atoms with Crippen molar-refractivity contribution >= 4 is 33.3 Å². The third-order valence-electron chi connectivity index (χ3n) is 4.47. The number of hydrogen-bond donors (Lipinski definition) is 1. The zero-order chi connectivity index (χ0) is 19.6. The molecule has 7 nitrogen and oxygen atoms in total. The maximum Gasteiger partial charge on any atom is 0.230 e. The number of halogens is 2. The van der Waals surface area contributed by atoms with Gasteiger partial charge in [-0.25, -0.2) is 17.1 Å². The molecule has 1 aromatic heterocycles. The molecule has 2 aromatic rings. The van der Waals surface area contributed by atoms with Gasteiger partial charge in [-0.15, -0.1) is 0 Å². The van der Waals surface area contributed by atoms with Crippen molar-refractivity contribution in [3.63, 3.8) is 0 Å². The van der Waals surface area contributed by atoms with Crippen molar-refractivity contribution in [1.29, 1.82) is 0 Å². The van der Waals surface area contributed by atoms with Gasteiger partial charge in [-0.2, -0.15) is 5.10 Å². The van der Waals surface area contributed by atoms with Crippen molar-refractivity contribution < 1.29 is 17.6 Å². The standard InChI is InChI=1S/C17H20ClFN4O3S/c1-27(25,26)23-8-4-6-13(10-23)17(24)20-16-14(18)11-22(21-16)9-12-5-2-3-7-15(12)19/h2-3,5,7,11,13H,4,6,8-10H2,1H3,(H,20,21,24). The lowest BCUT2D eigenvalue weighted by molar-refractivity contribution is -0.120. The number of sulfonamides is 1. The van der Waals surface area contributed by atoms with E-state index in [0.717, 1.165) is 6.26 Å². The van der Waals surface area contributed by atoms with Crippen LogP contribution in [0.25, 0.3) is 0 Å². The highest BCUT2D eigenvalue weighted by Crippen LogP contribution is 2.24. The molecule has 3 rings (SSSR count). The lowest BCUT2D eigenvalue weighted by atomic mass is 9.99. The Labute approximate surface area is 162 Å². The van der Waals surface area contributed by atoms with Gasteiger partial charge < -0.3 is 5.32 Å². The Hall–Kier alpha value is -1.97. The molecule has 10 heteroatoms. The van der Waals surface area contributed by atoms with Crippen LogP contribution in [0, 0.1) is 11.7 Å². The van der Waals surface area contributed by atoms with E-state index in [1.165, 1.54) is 21.3 Å². The number of nitrogens with one attached hydrogen (secondary N) is 1. The summed E-state index contributed by atoms with van der Waals surface area (Å²) in [6.07, 6.45) is 3.84. The number of piperidine rings is 1. The number of rotatable bonds is 5. The normalized spacial score (nSPS) is 18.4. The maximum atomic E-state index is 13.8. The Morgan fingerprint density at radius 3 is 2.85 bits per heavy atom. The molecule has 27 heavy (non-hydrogen) atoms. The first kappa shape index (κ1) is 19.8. The minimum Gasteiger partial charge on any atom is -0.308 e. The summed E-state index contributed by atoms with van der Waals surface area (Å²) in [7, 11) is -3.34. The number of hydrogen-bond acceptors (Lipinski definition) is 4. The second kappa shape index (κ2) is 7.95. The molecule has 2 heterocycles. The van der Waals surface area contributed by atoms with Crippen molar-refractivity contribution in [3.05, 3.63) is 46.9 Å². The summed E-state index contributed by atoms with van der Waals surface area (Å²) in [6.45, 7) is 0.729. The summed E-state index contributed by atoms with van der Waals surface area (Å²) in [5.41, 5.74) is 0.450. The van der Waals surface area contributed by atoms with E-state index >= 15 is 0 Å². The van der Waals surface area contributed by atoms with Crippen LogP contribution in [0.5, 0.6) is 0 Å². The van der Waals surface area contributed by atoms with Crippen LogP contribution >= 0.6 is 11.6 Å². The molecule has 1 aliphatic rings. The minimum atomic E-state index is -3.34. The Kier molecular flexibility index (Phi) is 5.83. The molecule has 1 saturated heterocycles. The largest absolute Gasteiger partial charge is 0.308 e. The van der Waals surface area contributed by atoms with Crippen LogP contribution in [-0.2, 0) is 21.4 Å². The topological polar surface area (TPSA) is 84.3 Å². The van der Waals surface area contributed by atoms with Gasteiger partial charge in [0.2, 0.25) is 15.9 Å². The molecular formula is C17H20ClFN4O3S.